The largest absolute Gasteiger partial charge is 0.378 e. The summed E-state index contributed by atoms with van der Waals surface area (Å²) in [7, 11) is 0. The molecule has 0 aliphatic carbocycles. The van der Waals surface area contributed by atoms with Crippen LogP contribution in [0.4, 0.5) is 11.1 Å². The lowest BCUT2D eigenvalue weighted by molar-refractivity contribution is 0.122. The number of hydrogen-bond acceptors (Lipinski definition) is 6. The lowest BCUT2D eigenvalue weighted by Gasteiger charge is -2.25. The first-order valence-electron chi connectivity index (χ1n) is 5.49. The van der Waals surface area contributed by atoms with Crippen LogP contribution in [0.5, 0.6) is 0 Å². The normalized spacial score (nSPS) is 17.6. The third kappa shape index (κ3) is 3.05. The summed E-state index contributed by atoms with van der Waals surface area (Å²) in [6.07, 6.45) is 0. The summed E-state index contributed by atoms with van der Waals surface area (Å²) in [5.41, 5.74) is 0.0296. The second kappa shape index (κ2) is 4.55. The molecule has 16 heavy (non-hydrogen) atoms. The first-order valence-corrected chi connectivity index (χ1v) is 6.26. The predicted molar refractivity (Wildman–Crippen MR) is 66.3 cm³/mol. The van der Waals surface area contributed by atoms with Gasteiger partial charge in [-0.1, -0.05) is 0 Å². The van der Waals surface area contributed by atoms with Gasteiger partial charge in [-0.25, -0.2) is 0 Å². The Morgan fingerprint density at radius 1 is 1.31 bits per heavy atom. The van der Waals surface area contributed by atoms with Crippen molar-refractivity contribution in [3.63, 3.8) is 0 Å². The Morgan fingerprint density at radius 3 is 2.62 bits per heavy atom. The van der Waals surface area contributed by atoms with Crippen LogP contribution in [0.25, 0.3) is 0 Å². The van der Waals surface area contributed by atoms with E-state index in [1.807, 2.05) is 0 Å². The molecule has 1 fully saturated rings. The molecule has 6 heteroatoms. The van der Waals surface area contributed by atoms with Crippen LogP contribution < -0.4 is 10.2 Å². The van der Waals surface area contributed by atoms with Gasteiger partial charge in [-0.2, -0.15) is 9.36 Å². The van der Waals surface area contributed by atoms with Crippen LogP contribution in [0.3, 0.4) is 0 Å². The molecule has 1 aromatic heterocycles. The third-order valence-electron chi connectivity index (χ3n) is 2.19. The van der Waals surface area contributed by atoms with E-state index in [4.69, 9.17) is 4.74 Å². The number of rotatable bonds is 2. The summed E-state index contributed by atoms with van der Waals surface area (Å²) < 4.78 is 9.66. The van der Waals surface area contributed by atoms with Crippen LogP contribution in [-0.2, 0) is 4.74 Å². The Bertz CT molecular complexity index is 341. The molecule has 0 amide bonds. The van der Waals surface area contributed by atoms with Crippen molar-refractivity contribution in [3.8, 4) is 0 Å². The van der Waals surface area contributed by atoms with Crippen LogP contribution >= 0.6 is 11.5 Å². The van der Waals surface area contributed by atoms with Gasteiger partial charge in [-0.05, 0) is 20.8 Å². The quantitative estimate of drug-likeness (QED) is 0.853. The molecule has 0 bridgehead atoms. The van der Waals surface area contributed by atoms with Gasteiger partial charge < -0.3 is 15.0 Å². The van der Waals surface area contributed by atoms with Crippen LogP contribution in [0, 0.1) is 0 Å². The van der Waals surface area contributed by atoms with Crippen molar-refractivity contribution in [2.75, 3.05) is 36.5 Å². The van der Waals surface area contributed by atoms with Crippen LogP contribution in [0.15, 0.2) is 0 Å². The van der Waals surface area contributed by atoms with Gasteiger partial charge in [0.1, 0.15) is 0 Å². The number of hydrogen-bond donors (Lipinski definition) is 1. The Kier molecular flexibility index (Phi) is 3.30. The summed E-state index contributed by atoms with van der Waals surface area (Å²) >= 11 is 1.42. The number of morpholine rings is 1. The molecule has 1 aliphatic rings. The Balaban J connectivity index is 2.01. The number of nitrogens with zero attached hydrogens (tertiary/aromatic N) is 3. The van der Waals surface area contributed by atoms with Crippen LogP contribution in [-0.4, -0.2) is 41.2 Å². The van der Waals surface area contributed by atoms with Crippen LogP contribution in [0.1, 0.15) is 20.8 Å². The van der Waals surface area contributed by atoms with E-state index in [0.717, 1.165) is 37.4 Å². The van der Waals surface area contributed by atoms with Crippen LogP contribution in [0.2, 0.25) is 0 Å². The molecule has 0 radical (unpaired) electrons. The molecule has 1 aliphatic heterocycles. The average Bonchev–Trinajstić information content (AvgIpc) is 2.65. The topological polar surface area (TPSA) is 50.3 Å². The van der Waals surface area contributed by atoms with E-state index in [1.54, 1.807) is 0 Å². The first-order chi connectivity index (χ1) is 7.54. The summed E-state index contributed by atoms with van der Waals surface area (Å²) in [6.45, 7) is 9.63. The molecule has 2 heterocycles. The zero-order valence-electron chi connectivity index (χ0n) is 9.99. The predicted octanol–water partition coefficient (Wildman–Crippen LogP) is 1.59. The highest BCUT2D eigenvalue weighted by Crippen LogP contribution is 2.21. The third-order valence-corrected chi connectivity index (χ3v) is 2.81. The van der Waals surface area contributed by atoms with Gasteiger partial charge in [-0.15, -0.1) is 0 Å². The fraction of sp³-hybridized carbons (Fsp3) is 0.800. The molecular formula is C10H18N4OS. The van der Waals surface area contributed by atoms with Gasteiger partial charge >= 0.3 is 0 Å². The van der Waals surface area contributed by atoms with Crippen molar-refractivity contribution in [2.24, 2.45) is 0 Å². The molecule has 90 valence electrons. The van der Waals surface area contributed by atoms with Gasteiger partial charge in [0.2, 0.25) is 11.1 Å². The Morgan fingerprint density at radius 2 is 2.00 bits per heavy atom. The number of ether oxygens (including phenoxy) is 1. The summed E-state index contributed by atoms with van der Waals surface area (Å²) in [4.78, 5) is 6.65. The summed E-state index contributed by atoms with van der Waals surface area (Å²) in [6, 6.07) is 0. The van der Waals surface area contributed by atoms with E-state index < -0.39 is 0 Å². The lowest BCUT2D eigenvalue weighted by Crippen LogP contribution is -2.36. The second-order valence-electron chi connectivity index (χ2n) is 4.87. The van der Waals surface area contributed by atoms with Crippen molar-refractivity contribution >= 4 is 22.6 Å². The van der Waals surface area contributed by atoms with Crippen molar-refractivity contribution < 1.29 is 4.74 Å². The van der Waals surface area contributed by atoms with E-state index in [9.17, 15) is 0 Å². The van der Waals surface area contributed by atoms with Gasteiger partial charge in [-0.3, -0.25) is 0 Å². The highest BCUT2D eigenvalue weighted by atomic mass is 32.1. The number of anilines is 2. The molecule has 0 saturated carbocycles. The summed E-state index contributed by atoms with van der Waals surface area (Å²) in [5.74, 6) is 0.819. The smallest absolute Gasteiger partial charge is 0.239 e. The SMILES string of the molecule is CC(C)(C)Nc1nc(N2CCOCC2)ns1. The molecule has 1 N–H and O–H groups in total. The number of aromatic nitrogens is 2. The van der Waals surface area contributed by atoms with Gasteiger partial charge in [0.25, 0.3) is 0 Å². The molecule has 5 nitrogen and oxygen atoms in total. The standard InChI is InChI=1S/C10H18N4OS/c1-10(2,3)12-9-11-8(13-16-9)14-4-6-15-7-5-14/h4-7H2,1-3H3,(H,11,12,13). The van der Waals surface area contributed by atoms with Crippen molar-refractivity contribution in [1.29, 1.82) is 0 Å². The molecule has 0 spiro atoms. The highest BCUT2D eigenvalue weighted by Gasteiger charge is 2.18. The molecule has 1 aromatic rings. The van der Waals surface area contributed by atoms with E-state index >= 15 is 0 Å². The number of nitrogens with one attached hydrogen (secondary N) is 1. The van der Waals surface area contributed by atoms with Gasteiger partial charge in [0, 0.05) is 30.2 Å². The van der Waals surface area contributed by atoms with Crippen molar-refractivity contribution in [1.82, 2.24) is 9.36 Å². The lowest BCUT2D eigenvalue weighted by atomic mass is 10.1. The molecule has 1 saturated heterocycles. The Hall–Kier alpha value is -0.880. The molecule has 0 unspecified atom stereocenters. The monoisotopic (exact) mass is 242 g/mol. The minimum absolute atomic E-state index is 0.0296. The second-order valence-corrected chi connectivity index (χ2v) is 5.63. The molecule has 0 aromatic carbocycles. The van der Waals surface area contributed by atoms with Gasteiger partial charge in [0.05, 0.1) is 13.2 Å². The zero-order chi connectivity index (χ0) is 11.6. The molecular weight excluding hydrogens is 224 g/mol. The maximum atomic E-state index is 5.30. The highest BCUT2D eigenvalue weighted by molar-refractivity contribution is 7.09. The molecule has 0 atom stereocenters. The fourth-order valence-corrected chi connectivity index (χ4v) is 2.28. The first kappa shape index (κ1) is 11.6. The maximum Gasteiger partial charge on any atom is 0.239 e. The van der Waals surface area contributed by atoms with Crippen molar-refractivity contribution in [2.45, 2.75) is 26.3 Å². The van der Waals surface area contributed by atoms with E-state index in [1.165, 1.54) is 11.5 Å². The minimum atomic E-state index is 0.0296. The maximum absolute atomic E-state index is 5.30. The van der Waals surface area contributed by atoms with Gasteiger partial charge in [0.15, 0.2) is 0 Å². The fourth-order valence-electron chi connectivity index (χ4n) is 1.48. The van der Waals surface area contributed by atoms with Crippen molar-refractivity contribution in [3.05, 3.63) is 0 Å². The van der Waals surface area contributed by atoms with E-state index in [0.29, 0.717) is 0 Å². The average molecular weight is 242 g/mol. The van der Waals surface area contributed by atoms with E-state index in [-0.39, 0.29) is 5.54 Å². The molecule has 2 rings (SSSR count). The summed E-state index contributed by atoms with van der Waals surface area (Å²) in [5, 5.41) is 4.21. The van der Waals surface area contributed by atoms with E-state index in [2.05, 4.69) is 40.3 Å². The zero-order valence-corrected chi connectivity index (χ0v) is 10.8. The Labute approximate surface area is 100.0 Å². The minimum Gasteiger partial charge on any atom is -0.378 e.